The summed E-state index contributed by atoms with van der Waals surface area (Å²) in [6.45, 7) is 2.29. The molecule has 0 N–H and O–H groups in total. The van der Waals surface area contributed by atoms with Crippen molar-refractivity contribution in [1.82, 2.24) is 0 Å². The second-order valence-electron chi connectivity index (χ2n) is 2.95. The zero-order valence-corrected chi connectivity index (χ0v) is 9.41. The molecule has 1 aromatic carbocycles. The molecule has 0 bridgehead atoms. The van der Waals surface area contributed by atoms with Crippen LogP contribution in [0.5, 0.6) is 5.75 Å². The van der Waals surface area contributed by atoms with Crippen LogP contribution in [0.4, 0.5) is 0 Å². The van der Waals surface area contributed by atoms with Gasteiger partial charge in [0, 0.05) is 0 Å². The molecular formula is C12H13LiO2. The zero-order chi connectivity index (χ0) is 10.4. The summed E-state index contributed by atoms with van der Waals surface area (Å²) in [5, 5.41) is 0. The van der Waals surface area contributed by atoms with Crippen molar-refractivity contribution in [3.8, 4) is 11.7 Å². The quantitative estimate of drug-likeness (QED) is 0.356. The topological polar surface area (TPSA) is 18.5 Å². The minimum absolute atomic E-state index is 0. The van der Waals surface area contributed by atoms with E-state index in [0.717, 1.165) is 11.3 Å². The molecule has 0 saturated carbocycles. The van der Waals surface area contributed by atoms with E-state index in [9.17, 15) is 0 Å². The second-order valence-corrected chi connectivity index (χ2v) is 2.95. The van der Waals surface area contributed by atoms with E-state index >= 15 is 0 Å². The van der Waals surface area contributed by atoms with Gasteiger partial charge in [0.2, 0.25) is 0 Å². The Hall–Kier alpha value is -0.863. The minimum Gasteiger partial charge on any atom is -0.691 e. The van der Waals surface area contributed by atoms with Crippen LogP contribution in [0.1, 0.15) is 12.5 Å². The Balaban J connectivity index is 0.00000196. The van der Waals surface area contributed by atoms with E-state index in [1.807, 2.05) is 24.3 Å². The van der Waals surface area contributed by atoms with Gasteiger partial charge >= 0.3 is 18.9 Å². The maximum Gasteiger partial charge on any atom is 1.00 e. The Morgan fingerprint density at radius 1 is 1.33 bits per heavy atom. The molecule has 1 rings (SSSR count). The molecule has 3 heteroatoms. The summed E-state index contributed by atoms with van der Waals surface area (Å²) in [7, 11) is 1.64. The molecule has 0 fully saturated rings. The molecule has 0 aliphatic rings. The first-order valence-corrected chi connectivity index (χ1v) is 4.43. The van der Waals surface area contributed by atoms with Crippen molar-refractivity contribution in [2.75, 3.05) is 7.11 Å². The maximum atomic E-state index is 6.84. The van der Waals surface area contributed by atoms with Crippen LogP contribution in [0, 0.1) is 12.3 Å². The van der Waals surface area contributed by atoms with Crippen LogP contribution in [0.3, 0.4) is 0 Å². The van der Waals surface area contributed by atoms with Crippen molar-refractivity contribution < 1.29 is 28.3 Å². The van der Waals surface area contributed by atoms with E-state index in [2.05, 4.69) is 5.92 Å². The summed E-state index contributed by atoms with van der Waals surface area (Å²) < 4.78 is 10.3. The number of hydrogen-bond donors (Lipinski definition) is 0. The van der Waals surface area contributed by atoms with E-state index in [0.29, 0.717) is 6.61 Å². The fourth-order valence-corrected chi connectivity index (χ4v) is 0.985. The second kappa shape index (κ2) is 7.43. The zero-order valence-electron chi connectivity index (χ0n) is 9.41. The Morgan fingerprint density at radius 2 is 1.93 bits per heavy atom. The van der Waals surface area contributed by atoms with Crippen molar-refractivity contribution in [2.45, 2.75) is 19.6 Å². The molecule has 0 aromatic heterocycles. The van der Waals surface area contributed by atoms with Gasteiger partial charge in [-0.3, -0.25) is 0 Å². The molecule has 15 heavy (non-hydrogen) atoms. The molecule has 0 radical (unpaired) electrons. The van der Waals surface area contributed by atoms with Gasteiger partial charge in [-0.05, 0) is 24.6 Å². The van der Waals surface area contributed by atoms with Crippen LogP contribution in [-0.2, 0) is 11.3 Å². The van der Waals surface area contributed by atoms with Gasteiger partial charge < -0.3 is 21.8 Å². The average molecular weight is 196 g/mol. The van der Waals surface area contributed by atoms with E-state index in [1.165, 1.54) is 0 Å². The van der Waals surface area contributed by atoms with Crippen LogP contribution >= 0.6 is 0 Å². The van der Waals surface area contributed by atoms with Crippen LogP contribution < -0.4 is 23.6 Å². The van der Waals surface area contributed by atoms with Crippen molar-refractivity contribution in [3.63, 3.8) is 0 Å². The molecule has 0 spiro atoms. The van der Waals surface area contributed by atoms with Gasteiger partial charge in [0.1, 0.15) is 5.75 Å². The first-order chi connectivity index (χ1) is 6.76. The SMILES string of the molecule is [C-]#CC(C)OCc1ccc(OC)cc1.[Li+]. The van der Waals surface area contributed by atoms with Crippen LogP contribution in [0.25, 0.3) is 0 Å². The van der Waals surface area contributed by atoms with Crippen molar-refractivity contribution in [3.05, 3.63) is 36.3 Å². The first-order valence-electron chi connectivity index (χ1n) is 4.43. The van der Waals surface area contributed by atoms with Gasteiger partial charge in [0.15, 0.2) is 0 Å². The number of methoxy groups -OCH3 is 1. The molecule has 1 atom stereocenters. The fraction of sp³-hybridized carbons (Fsp3) is 0.333. The summed E-state index contributed by atoms with van der Waals surface area (Å²) in [5.41, 5.74) is 1.06. The molecule has 0 aliphatic carbocycles. The predicted molar refractivity (Wildman–Crippen MR) is 54.4 cm³/mol. The summed E-state index contributed by atoms with van der Waals surface area (Å²) in [6, 6.07) is 7.65. The summed E-state index contributed by atoms with van der Waals surface area (Å²) >= 11 is 0. The third kappa shape index (κ3) is 4.95. The summed E-state index contributed by atoms with van der Waals surface area (Å²) in [5.74, 6) is 3.09. The molecule has 1 aromatic rings. The number of rotatable bonds is 4. The van der Waals surface area contributed by atoms with Crippen LogP contribution in [-0.4, -0.2) is 13.2 Å². The van der Waals surface area contributed by atoms with E-state index in [4.69, 9.17) is 15.9 Å². The van der Waals surface area contributed by atoms with Gasteiger partial charge in [0.05, 0.1) is 19.8 Å². The smallest absolute Gasteiger partial charge is 0.691 e. The van der Waals surface area contributed by atoms with Gasteiger partial charge in [0.25, 0.3) is 0 Å². The molecule has 0 aliphatic heterocycles. The number of hydrogen-bond acceptors (Lipinski definition) is 2. The third-order valence-electron chi connectivity index (χ3n) is 1.86. The van der Waals surface area contributed by atoms with Gasteiger partial charge in [-0.1, -0.05) is 12.1 Å². The predicted octanol–water partition coefficient (Wildman–Crippen LogP) is -0.806. The van der Waals surface area contributed by atoms with E-state index < -0.39 is 0 Å². The van der Waals surface area contributed by atoms with Crippen molar-refractivity contribution in [1.29, 1.82) is 0 Å². The minimum atomic E-state index is -0.253. The first kappa shape index (κ1) is 14.1. The summed E-state index contributed by atoms with van der Waals surface area (Å²) in [6.07, 6.45) is 6.59. The fourth-order valence-electron chi connectivity index (χ4n) is 0.985. The van der Waals surface area contributed by atoms with E-state index in [-0.39, 0.29) is 25.0 Å². The number of ether oxygens (including phenoxy) is 2. The van der Waals surface area contributed by atoms with Crippen LogP contribution in [0.15, 0.2) is 24.3 Å². The third-order valence-corrected chi connectivity index (χ3v) is 1.86. The van der Waals surface area contributed by atoms with Crippen LogP contribution in [0.2, 0.25) is 0 Å². The molecule has 74 valence electrons. The Kier molecular flexibility index (Phi) is 7.00. The van der Waals surface area contributed by atoms with Crippen molar-refractivity contribution in [2.24, 2.45) is 0 Å². The van der Waals surface area contributed by atoms with Gasteiger partial charge in [-0.2, -0.15) is 0 Å². The Bertz CT molecular complexity index is 313. The standard InChI is InChI=1S/C12H13O2.Li/c1-4-10(2)14-9-11-5-7-12(13-3)8-6-11;/h5-8,10H,9H2,2-3H3;/q-1;+1. The van der Waals surface area contributed by atoms with E-state index in [1.54, 1.807) is 14.0 Å². The molecule has 2 nitrogen and oxygen atoms in total. The molecule has 0 saturated heterocycles. The molecule has 0 amide bonds. The number of benzene rings is 1. The van der Waals surface area contributed by atoms with Gasteiger partial charge in [-0.15, -0.1) is 0 Å². The largest absolute Gasteiger partial charge is 1.00 e. The maximum absolute atomic E-state index is 6.84. The molecular weight excluding hydrogens is 183 g/mol. The average Bonchev–Trinajstić information content (AvgIpc) is 2.26. The monoisotopic (exact) mass is 196 g/mol. The van der Waals surface area contributed by atoms with Gasteiger partial charge in [-0.25, -0.2) is 0 Å². The summed E-state index contributed by atoms with van der Waals surface area (Å²) in [4.78, 5) is 0. The molecule has 0 heterocycles. The Morgan fingerprint density at radius 3 is 2.40 bits per heavy atom. The van der Waals surface area contributed by atoms with Crippen molar-refractivity contribution >= 4 is 0 Å². The normalized spacial score (nSPS) is 11.0. The Labute approximate surface area is 103 Å². The molecule has 1 unspecified atom stereocenters.